The average molecular weight is 303 g/mol. The van der Waals surface area contributed by atoms with Crippen LogP contribution in [0.1, 0.15) is 39.0 Å². The predicted octanol–water partition coefficient (Wildman–Crippen LogP) is 0.0588. The van der Waals surface area contributed by atoms with E-state index in [9.17, 15) is 13.2 Å². The Morgan fingerprint density at radius 1 is 1.30 bits per heavy atom. The molecule has 0 aliphatic carbocycles. The van der Waals surface area contributed by atoms with Crippen molar-refractivity contribution in [3.8, 4) is 0 Å². The summed E-state index contributed by atoms with van der Waals surface area (Å²) in [4.78, 5) is 12.0. The lowest BCUT2D eigenvalue weighted by Crippen LogP contribution is -2.50. The maximum atomic E-state index is 12.0. The van der Waals surface area contributed by atoms with Gasteiger partial charge in [0.15, 0.2) is 0 Å². The van der Waals surface area contributed by atoms with Crippen LogP contribution in [-0.4, -0.2) is 56.1 Å². The lowest BCUT2D eigenvalue weighted by atomic mass is 10.1. The zero-order valence-corrected chi connectivity index (χ0v) is 12.9. The number of piperidine rings is 1. The highest BCUT2D eigenvalue weighted by Crippen LogP contribution is 2.16. The van der Waals surface area contributed by atoms with Crippen molar-refractivity contribution in [3.63, 3.8) is 0 Å². The molecule has 0 bridgehead atoms. The van der Waals surface area contributed by atoms with Gasteiger partial charge in [0.1, 0.15) is 0 Å². The maximum absolute atomic E-state index is 12.0. The Morgan fingerprint density at radius 2 is 2.00 bits per heavy atom. The minimum absolute atomic E-state index is 0.0585. The first-order chi connectivity index (χ1) is 9.53. The molecule has 1 atom stereocenters. The number of carbonyl (C=O) groups is 1. The van der Waals surface area contributed by atoms with Gasteiger partial charge in [-0.05, 0) is 38.6 Å². The Labute approximate surface area is 121 Å². The van der Waals surface area contributed by atoms with Gasteiger partial charge in [-0.2, -0.15) is 0 Å². The molecule has 0 radical (unpaired) electrons. The minimum Gasteiger partial charge on any atom is -0.352 e. The number of hydrogen-bond donors (Lipinski definition) is 2. The van der Waals surface area contributed by atoms with E-state index in [1.165, 1.54) is 0 Å². The number of amides is 1. The van der Waals surface area contributed by atoms with Crippen LogP contribution >= 0.6 is 0 Å². The molecule has 0 saturated carbocycles. The van der Waals surface area contributed by atoms with Gasteiger partial charge in [0, 0.05) is 19.1 Å². The second-order valence-electron chi connectivity index (χ2n) is 5.65. The molecule has 1 amide bonds. The van der Waals surface area contributed by atoms with Crippen LogP contribution in [0.25, 0.3) is 0 Å². The molecule has 0 unspecified atom stereocenters. The third kappa shape index (κ3) is 3.93. The van der Waals surface area contributed by atoms with Crippen LogP contribution < -0.4 is 10.6 Å². The zero-order chi connectivity index (χ0) is 14.6. The summed E-state index contributed by atoms with van der Waals surface area (Å²) in [6.07, 6.45) is 4.01. The summed E-state index contributed by atoms with van der Waals surface area (Å²) in [5.74, 6) is 0.285. The summed E-state index contributed by atoms with van der Waals surface area (Å²) in [6.45, 7) is 3.82. The second kappa shape index (κ2) is 6.87. The normalized spacial score (nSPS) is 25.8. The van der Waals surface area contributed by atoms with Gasteiger partial charge in [-0.25, -0.2) is 12.7 Å². The number of nitrogens with one attached hydrogen (secondary N) is 2. The highest BCUT2D eigenvalue weighted by Gasteiger charge is 2.30. The van der Waals surface area contributed by atoms with E-state index < -0.39 is 10.0 Å². The van der Waals surface area contributed by atoms with Crippen molar-refractivity contribution < 1.29 is 13.2 Å². The second-order valence-corrected chi connectivity index (χ2v) is 7.74. The molecule has 20 heavy (non-hydrogen) atoms. The van der Waals surface area contributed by atoms with Crippen LogP contribution in [-0.2, 0) is 14.8 Å². The van der Waals surface area contributed by atoms with E-state index in [0.29, 0.717) is 32.4 Å². The van der Waals surface area contributed by atoms with Gasteiger partial charge in [0.2, 0.25) is 15.9 Å². The SMILES string of the molecule is CCCS(=O)(=O)N1CCC(NC(=O)[C@H]2CCCN2)CC1. The number of nitrogens with zero attached hydrogens (tertiary/aromatic N) is 1. The molecular weight excluding hydrogens is 278 g/mol. The third-order valence-corrected chi connectivity index (χ3v) is 6.11. The molecule has 2 fully saturated rings. The van der Waals surface area contributed by atoms with E-state index >= 15 is 0 Å². The Morgan fingerprint density at radius 3 is 2.55 bits per heavy atom. The van der Waals surface area contributed by atoms with Crippen LogP contribution in [0.2, 0.25) is 0 Å². The molecule has 2 N–H and O–H groups in total. The molecule has 0 spiro atoms. The number of sulfonamides is 1. The first kappa shape index (κ1) is 15.7. The topological polar surface area (TPSA) is 78.5 Å². The molecular formula is C13H25N3O3S. The Balaban J connectivity index is 1.78. The summed E-state index contributed by atoms with van der Waals surface area (Å²) < 4.78 is 25.5. The van der Waals surface area contributed by atoms with E-state index in [4.69, 9.17) is 0 Å². The predicted molar refractivity (Wildman–Crippen MR) is 77.8 cm³/mol. The van der Waals surface area contributed by atoms with Crippen LogP contribution in [0.15, 0.2) is 0 Å². The van der Waals surface area contributed by atoms with Gasteiger partial charge < -0.3 is 10.6 Å². The number of hydrogen-bond acceptors (Lipinski definition) is 4. The molecule has 0 aromatic carbocycles. The standard InChI is InChI=1S/C13H25N3O3S/c1-2-10-20(18,19)16-8-5-11(6-9-16)15-13(17)12-4-3-7-14-12/h11-12,14H,2-10H2,1H3,(H,15,17)/t12-/m1/s1. The summed E-state index contributed by atoms with van der Waals surface area (Å²) in [7, 11) is -3.09. The Bertz CT molecular complexity index is 424. The van der Waals surface area contributed by atoms with Crippen molar-refractivity contribution >= 4 is 15.9 Å². The average Bonchev–Trinajstić information content (AvgIpc) is 2.93. The molecule has 2 aliphatic heterocycles. The van der Waals surface area contributed by atoms with Gasteiger partial charge in [-0.15, -0.1) is 0 Å². The van der Waals surface area contributed by atoms with Gasteiger partial charge in [0.05, 0.1) is 11.8 Å². The van der Waals surface area contributed by atoms with Crippen LogP contribution in [0.3, 0.4) is 0 Å². The lowest BCUT2D eigenvalue weighted by molar-refractivity contribution is -0.123. The fourth-order valence-electron chi connectivity index (χ4n) is 2.88. The first-order valence-electron chi connectivity index (χ1n) is 7.54. The van der Waals surface area contributed by atoms with Crippen molar-refractivity contribution in [1.82, 2.24) is 14.9 Å². The summed E-state index contributed by atoms with van der Waals surface area (Å²) in [5, 5.41) is 6.22. The zero-order valence-electron chi connectivity index (χ0n) is 12.1. The molecule has 116 valence electrons. The highest BCUT2D eigenvalue weighted by atomic mass is 32.2. The largest absolute Gasteiger partial charge is 0.352 e. The van der Waals surface area contributed by atoms with Gasteiger partial charge in [-0.1, -0.05) is 6.92 Å². The first-order valence-corrected chi connectivity index (χ1v) is 9.15. The van der Waals surface area contributed by atoms with E-state index in [0.717, 1.165) is 19.4 Å². The van der Waals surface area contributed by atoms with Crippen LogP contribution in [0, 0.1) is 0 Å². The highest BCUT2D eigenvalue weighted by molar-refractivity contribution is 7.89. The number of carbonyl (C=O) groups excluding carboxylic acids is 1. The molecule has 2 rings (SSSR count). The van der Waals surface area contributed by atoms with Crippen LogP contribution in [0.4, 0.5) is 0 Å². The molecule has 6 nitrogen and oxygen atoms in total. The monoisotopic (exact) mass is 303 g/mol. The maximum Gasteiger partial charge on any atom is 0.237 e. The van der Waals surface area contributed by atoms with Gasteiger partial charge >= 0.3 is 0 Å². The Kier molecular flexibility index (Phi) is 5.40. The summed E-state index contributed by atoms with van der Waals surface area (Å²) in [5.41, 5.74) is 0. The fourth-order valence-corrected chi connectivity index (χ4v) is 4.42. The minimum atomic E-state index is -3.09. The van der Waals surface area contributed by atoms with E-state index in [2.05, 4.69) is 10.6 Å². The smallest absolute Gasteiger partial charge is 0.237 e. The molecule has 2 aliphatic rings. The fraction of sp³-hybridized carbons (Fsp3) is 0.923. The van der Waals surface area contributed by atoms with Crippen LogP contribution in [0.5, 0.6) is 0 Å². The summed E-state index contributed by atoms with van der Waals surface area (Å²) in [6, 6.07) is 0.0508. The number of rotatable bonds is 5. The molecule has 2 heterocycles. The van der Waals surface area contributed by atoms with Crippen molar-refractivity contribution in [2.75, 3.05) is 25.4 Å². The molecule has 2 saturated heterocycles. The van der Waals surface area contributed by atoms with Gasteiger partial charge in [0.25, 0.3) is 0 Å². The van der Waals surface area contributed by atoms with Gasteiger partial charge in [-0.3, -0.25) is 4.79 Å². The van der Waals surface area contributed by atoms with E-state index in [-0.39, 0.29) is 23.7 Å². The third-order valence-electron chi connectivity index (χ3n) is 4.03. The van der Waals surface area contributed by atoms with Crippen molar-refractivity contribution in [2.45, 2.75) is 51.1 Å². The quantitative estimate of drug-likeness (QED) is 0.753. The molecule has 0 aromatic heterocycles. The van der Waals surface area contributed by atoms with Crippen molar-refractivity contribution in [1.29, 1.82) is 0 Å². The van der Waals surface area contributed by atoms with Crippen molar-refractivity contribution in [3.05, 3.63) is 0 Å². The Hall–Kier alpha value is -0.660. The molecule has 0 aromatic rings. The van der Waals surface area contributed by atoms with Crippen molar-refractivity contribution in [2.24, 2.45) is 0 Å². The summed E-state index contributed by atoms with van der Waals surface area (Å²) >= 11 is 0. The van der Waals surface area contributed by atoms with E-state index in [1.807, 2.05) is 6.92 Å². The van der Waals surface area contributed by atoms with E-state index in [1.54, 1.807) is 4.31 Å². The lowest BCUT2D eigenvalue weighted by Gasteiger charge is -2.32. The molecule has 7 heteroatoms.